The molecule has 0 aromatic heterocycles. The zero-order valence-electron chi connectivity index (χ0n) is 7.45. The Labute approximate surface area is 81.1 Å². The molecule has 2 aliphatic heterocycles. The Morgan fingerprint density at radius 3 is 3.15 bits per heavy atom. The van der Waals surface area contributed by atoms with Gasteiger partial charge in [0, 0.05) is 12.2 Å². The molecule has 0 aromatic carbocycles. The van der Waals surface area contributed by atoms with Gasteiger partial charge in [-0.1, -0.05) is 11.8 Å². The van der Waals surface area contributed by atoms with Gasteiger partial charge in [0.1, 0.15) is 0 Å². The zero-order valence-corrected chi connectivity index (χ0v) is 8.26. The number of carbonyl (C=O) groups excluding carboxylic acids is 1. The zero-order chi connectivity index (χ0) is 9.26. The van der Waals surface area contributed by atoms with Crippen molar-refractivity contribution in [3.8, 4) is 0 Å². The van der Waals surface area contributed by atoms with Gasteiger partial charge in [-0.3, -0.25) is 9.79 Å². The number of nitrogens with zero attached hydrogens (tertiary/aromatic N) is 1. The van der Waals surface area contributed by atoms with Crippen LogP contribution in [0.4, 0.5) is 0 Å². The molecule has 4 nitrogen and oxygen atoms in total. The number of thioether (sulfide) groups is 1. The standard InChI is InChI=1S/C8H12N2O2S/c1-5-2-7(11)10-8(9-5)13-4-6-3-12-6/h5-6H,2-4H2,1H3,(H,9,10,11)/t5-,6+/m0/s1. The molecule has 2 atom stereocenters. The molecule has 0 saturated carbocycles. The molecule has 0 spiro atoms. The van der Waals surface area contributed by atoms with Gasteiger partial charge in [-0.15, -0.1) is 0 Å². The number of nitrogens with one attached hydrogen (secondary N) is 1. The van der Waals surface area contributed by atoms with E-state index in [1.807, 2.05) is 6.92 Å². The van der Waals surface area contributed by atoms with Gasteiger partial charge in [-0.05, 0) is 6.92 Å². The van der Waals surface area contributed by atoms with Crippen molar-refractivity contribution in [3.63, 3.8) is 0 Å². The van der Waals surface area contributed by atoms with Gasteiger partial charge in [0.2, 0.25) is 5.91 Å². The molecule has 2 heterocycles. The number of amides is 1. The highest BCUT2D eigenvalue weighted by atomic mass is 32.2. The predicted octanol–water partition coefficient (Wildman–Crippen LogP) is 0.383. The van der Waals surface area contributed by atoms with Crippen LogP contribution in [-0.4, -0.2) is 35.6 Å². The van der Waals surface area contributed by atoms with Crippen LogP contribution in [0.15, 0.2) is 4.99 Å². The van der Waals surface area contributed by atoms with Gasteiger partial charge in [-0.2, -0.15) is 0 Å². The first-order valence-electron chi connectivity index (χ1n) is 4.36. The number of rotatable bonds is 2. The molecule has 1 amide bonds. The fourth-order valence-electron chi connectivity index (χ4n) is 1.13. The summed E-state index contributed by atoms with van der Waals surface area (Å²) in [5, 5.41) is 3.50. The molecule has 0 unspecified atom stereocenters. The molecule has 2 rings (SSSR count). The second-order valence-electron chi connectivity index (χ2n) is 3.30. The number of ether oxygens (including phenoxy) is 1. The van der Waals surface area contributed by atoms with Crippen molar-refractivity contribution in [2.45, 2.75) is 25.5 Å². The summed E-state index contributed by atoms with van der Waals surface area (Å²) in [6.45, 7) is 2.80. The quantitative estimate of drug-likeness (QED) is 0.656. The van der Waals surface area contributed by atoms with E-state index in [-0.39, 0.29) is 11.9 Å². The van der Waals surface area contributed by atoms with Crippen LogP contribution in [0.3, 0.4) is 0 Å². The van der Waals surface area contributed by atoms with E-state index in [1.54, 1.807) is 11.8 Å². The van der Waals surface area contributed by atoms with Crippen LogP contribution in [0.25, 0.3) is 0 Å². The molecule has 0 radical (unpaired) electrons. The largest absolute Gasteiger partial charge is 0.372 e. The normalized spacial score (nSPS) is 32.4. The minimum atomic E-state index is 0.0710. The summed E-state index contributed by atoms with van der Waals surface area (Å²) in [6, 6.07) is 0.122. The second kappa shape index (κ2) is 3.67. The van der Waals surface area contributed by atoms with Crippen molar-refractivity contribution in [1.82, 2.24) is 5.32 Å². The van der Waals surface area contributed by atoms with Crippen LogP contribution >= 0.6 is 11.8 Å². The van der Waals surface area contributed by atoms with Crippen molar-refractivity contribution in [2.75, 3.05) is 12.4 Å². The van der Waals surface area contributed by atoms with Gasteiger partial charge in [0.25, 0.3) is 0 Å². The Morgan fingerprint density at radius 1 is 1.77 bits per heavy atom. The summed E-state index contributed by atoms with van der Waals surface area (Å²) in [6.07, 6.45) is 0.881. The van der Waals surface area contributed by atoms with Crippen molar-refractivity contribution in [2.24, 2.45) is 4.99 Å². The third-order valence-corrected chi connectivity index (χ3v) is 2.89. The number of hydrogen-bond acceptors (Lipinski definition) is 4. The summed E-state index contributed by atoms with van der Waals surface area (Å²) < 4.78 is 5.06. The number of carbonyl (C=O) groups is 1. The molecular formula is C8H12N2O2S. The highest BCUT2D eigenvalue weighted by Crippen LogP contribution is 2.18. The molecular weight excluding hydrogens is 188 g/mol. The number of hydrogen-bond donors (Lipinski definition) is 1. The maximum atomic E-state index is 11.1. The van der Waals surface area contributed by atoms with Gasteiger partial charge in [0.05, 0.1) is 18.8 Å². The van der Waals surface area contributed by atoms with E-state index >= 15 is 0 Å². The Kier molecular flexibility index (Phi) is 2.55. The van der Waals surface area contributed by atoms with Crippen molar-refractivity contribution >= 4 is 22.8 Å². The Balaban J connectivity index is 1.85. The summed E-state index contributed by atoms with van der Waals surface area (Å²) >= 11 is 1.57. The third kappa shape index (κ3) is 2.70. The Morgan fingerprint density at radius 2 is 2.54 bits per heavy atom. The summed E-state index contributed by atoms with van der Waals surface area (Å²) in [5.74, 6) is 0.966. The summed E-state index contributed by atoms with van der Waals surface area (Å²) in [4.78, 5) is 15.4. The molecule has 1 N–H and O–H groups in total. The van der Waals surface area contributed by atoms with Crippen LogP contribution in [0.1, 0.15) is 13.3 Å². The lowest BCUT2D eigenvalue weighted by atomic mass is 10.2. The first-order valence-corrected chi connectivity index (χ1v) is 5.34. The van der Waals surface area contributed by atoms with Gasteiger partial charge in [-0.25, -0.2) is 0 Å². The molecule has 0 aromatic rings. The van der Waals surface area contributed by atoms with Crippen molar-refractivity contribution < 1.29 is 9.53 Å². The second-order valence-corrected chi connectivity index (χ2v) is 4.31. The lowest BCUT2D eigenvalue weighted by molar-refractivity contribution is -0.120. The molecule has 1 saturated heterocycles. The predicted molar refractivity (Wildman–Crippen MR) is 51.9 cm³/mol. The van der Waals surface area contributed by atoms with Gasteiger partial charge in [0.15, 0.2) is 5.17 Å². The smallest absolute Gasteiger partial charge is 0.228 e. The average molecular weight is 200 g/mol. The summed E-state index contributed by atoms with van der Waals surface area (Å²) in [7, 11) is 0. The fraction of sp³-hybridized carbons (Fsp3) is 0.750. The van der Waals surface area contributed by atoms with Crippen molar-refractivity contribution in [1.29, 1.82) is 0 Å². The van der Waals surface area contributed by atoms with E-state index in [9.17, 15) is 4.79 Å². The van der Waals surface area contributed by atoms with E-state index in [4.69, 9.17) is 4.74 Å². The SMILES string of the molecule is C[C@H]1CC(=O)NC(SC[C@H]2CO2)=N1. The van der Waals surface area contributed by atoms with E-state index in [1.165, 1.54) is 0 Å². The third-order valence-electron chi connectivity index (χ3n) is 1.87. The van der Waals surface area contributed by atoms with E-state index in [0.717, 1.165) is 17.5 Å². The molecule has 0 aliphatic carbocycles. The number of aliphatic imine (C=N–C) groups is 1. The lowest BCUT2D eigenvalue weighted by Gasteiger charge is -2.16. The molecule has 1 fully saturated rings. The van der Waals surface area contributed by atoms with Gasteiger partial charge < -0.3 is 10.1 Å². The van der Waals surface area contributed by atoms with Crippen LogP contribution in [-0.2, 0) is 9.53 Å². The van der Waals surface area contributed by atoms with Crippen LogP contribution in [0.2, 0.25) is 0 Å². The maximum Gasteiger partial charge on any atom is 0.228 e. The summed E-state index contributed by atoms with van der Waals surface area (Å²) in [5.41, 5.74) is 0. The minimum Gasteiger partial charge on any atom is -0.372 e. The number of amidine groups is 1. The topological polar surface area (TPSA) is 54.0 Å². The first kappa shape index (κ1) is 9.02. The average Bonchev–Trinajstić information content (AvgIpc) is 2.81. The lowest BCUT2D eigenvalue weighted by Crippen LogP contribution is -2.36. The van der Waals surface area contributed by atoms with E-state index < -0.39 is 0 Å². The molecule has 2 aliphatic rings. The van der Waals surface area contributed by atoms with Crippen molar-refractivity contribution in [3.05, 3.63) is 0 Å². The van der Waals surface area contributed by atoms with Crippen LogP contribution < -0.4 is 5.32 Å². The number of epoxide rings is 1. The minimum absolute atomic E-state index is 0.0710. The first-order chi connectivity index (χ1) is 6.24. The maximum absolute atomic E-state index is 11.1. The molecule has 0 bridgehead atoms. The Hall–Kier alpha value is -0.550. The highest BCUT2D eigenvalue weighted by Gasteiger charge is 2.25. The van der Waals surface area contributed by atoms with E-state index in [2.05, 4.69) is 10.3 Å². The van der Waals surface area contributed by atoms with Crippen LogP contribution in [0, 0.1) is 0 Å². The fourth-order valence-corrected chi connectivity index (χ4v) is 2.10. The molecule has 72 valence electrons. The monoisotopic (exact) mass is 200 g/mol. The Bertz CT molecular complexity index is 251. The van der Waals surface area contributed by atoms with E-state index in [0.29, 0.717) is 12.5 Å². The van der Waals surface area contributed by atoms with Crippen LogP contribution in [0.5, 0.6) is 0 Å². The highest BCUT2D eigenvalue weighted by molar-refractivity contribution is 8.13. The molecule has 5 heteroatoms. The van der Waals surface area contributed by atoms with Gasteiger partial charge >= 0.3 is 0 Å². The molecule has 13 heavy (non-hydrogen) atoms.